The quantitative estimate of drug-likeness (QED) is 0.736. The second kappa shape index (κ2) is 10.0. The van der Waals surface area contributed by atoms with Gasteiger partial charge in [-0.15, -0.1) is 0 Å². The number of amides is 1. The monoisotopic (exact) mass is 391 g/mol. The minimum Gasteiger partial charge on any atom is -0.493 e. The molecule has 1 aliphatic heterocycles. The highest BCUT2D eigenvalue weighted by Crippen LogP contribution is 2.39. The Labute approximate surface area is 168 Å². The molecule has 0 bridgehead atoms. The average Bonchev–Trinajstić information content (AvgIpc) is 3.25. The van der Waals surface area contributed by atoms with Crippen molar-refractivity contribution in [1.82, 2.24) is 4.90 Å². The molecule has 156 valence electrons. The van der Waals surface area contributed by atoms with Crippen LogP contribution in [0, 0.1) is 5.92 Å². The predicted molar refractivity (Wildman–Crippen MR) is 108 cm³/mol. The predicted octanol–water partition coefficient (Wildman–Crippen LogP) is 1.91. The van der Waals surface area contributed by atoms with Crippen LogP contribution in [-0.2, 0) is 11.3 Å². The van der Waals surface area contributed by atoms with Gasteiger partial charge in [-0.1, -0.05) is 25.7 Å². The summed E-state index contributed by atoms with van der Waals surface area (Å²) in [6.07, 6.45) is 7.13. The molecular weight excluding hydrogens is 356 g/mol. The maximum atomic E-state index is 12.5. The highest BCUT2D eigenvalue weighted by molar-refractivity contribution is 5.76. The van der Waals surface area contributed by atoms with E-state index in [4.69, 9.17) is 14.2 Å². The van der Waals surface area contributed by atoms with Crippen LogP contribution in [0.15, 0.2) is 12.1 Å². The van der Waals surface area contributed by atoms with E-state index >= 15 is 0 Å². The second-order valence-corrected chi connectivity index (χ2v) is 7.99. The molecule has 0 radical (unpaired) electrons. The first-order chi connectivity index (χ1) is 13.7. The highest BCUT2D eigenvalue weighted by Gasteiger charge is 2.26. The molecule has 6 heteroatoms. The Morgan fingerprint density at radius 1 is 1.04 bits per heavy atom. The van der Waals surface area contributed by atoms with Crippen LogP contribution in [0.25, 0.3) is 0 Å². The zero-order chi connectivity index (χ0) is 19.9. The van der Waals surface area contributed by atoms with E-state index in [-0.39, 0.29) is 0 Å². The van der Waals surface area contributed by atoms with E-state index < -0.39 is 0 Å². The zero-order valence-electron chi connectivity index (χ0n) is 17.6. The van der Waals surface area contributed by atoms with Crippen molar-refractivity contribution >= 4 is 5.91 Å². The fraction of sp³-hybridized carbons (Fsp3) is 0.682. The zero-order valence-corrected chi connectivity index (χ0v) is 17.6. The Morgan fingerprint density at radius 2 is 1.71 bits per heavy atom. The number of nitrogens with zero attached hydrogens (tertiary/aromatic N) is 1. The third-order valence-corrected chi connectivity index (χ3v) is 6.29. The van der Waals surface area contributed by atoms with Crippen LogP contribution in [0.1, 0.15) is 44.1 Å². The van der Waals surface area contributed by atoms with Crippen molar-refractivity contribution < 1.29 is 23.9 Å². The highest BCUT2D eigenvalue weighted by atomic mass is 16.5. The van der Waals surface area contributed by atoms with Gasteiger partial charge in [0.25, 0.3) is 0 Å². The Bertz CT molecular complexity index is 650. The smallest absolute Gasteiger partial charge is 0.222 e. The van der Waals surface area contributed by atoms with Crippen LogP contribution >= 0.6 is 0 Å². The summed E-state index contributed by atoms with van der Waals surface area (Å²) < 4.78 is 16.5. The van der Waals surface area contributed by atoms with Crippen molar-refractivity contribution in [2.75, 3.05) is 47.5 Å². The van der Waals surface area contributed by atoms with Gasteiger partial charge in [0.1, 0.15) is 6.54 Å². The van der Waals surface area contributed by atoms with Crippen molar-refractivity contribution in [2.45, 2.75) is 45.1 Å². The van der Waals surface area contributed by atoms with E-state index in [1.165, 1.54) is 30.6 Å². The van der Waals surface area contributed by atoms with Gasteiger partial charge in [-0.3, -0.25) is 4.79 Å². The first kappa shape index (κ1) is 20.8. The molecule has 6 nitrogen and oxygen atoms in total. The molecule has 28 heavy (non-hydrogen) atoms. The second-order valence-electron chi connectivity index (χ2n) is 7.99. The Balaban J connectivity index is 1.52. The molecule has 1 N–H and O–H groups in total. The Kier molecular flexibility index (Phi) is 7.43. The molecule has 0 spiro atoms. The lowest BCUT2D eigenvalue weighted by atomic mass is 10.0. The lowest BCUT2D eigenvalue weighted by Gasteiger charge is -2.33. The van der Waals surface area contributed by atoms with Gasteiger partial charge in [0.05, 0.1) is 53.1 Å². The van der Waals surface area contributed by atoms with Gasteiger partial charge in [-0.25, -0.2) is 0 Å². The number of ether oxygens (including phenoxy) is 3. The molecule has 2 aliphatic rings. The third-order valence-electron chi connectivity index (χ3n) is 6.29. The lowest BCUT2D eigenvalue weighted by Crippen LogP contribution is -3.13. The molecule has 1 heterocycles. The number of nitrogens with one attached hydrogen (secondary N) is 1. The van der Waals surface area contributed by atoms with Crippen LogP contribution in [0.2, 0.25) is 0 Å². The molecule has 3 rings (SSSR count). The first-order valence-electron chi connectivity index (χ1n) is 10.6. The van der Waals surface area contributed by atoms with E-state index in [1.807, 2.05) is 12.1 Å². The van der Waals surface area contributed by atoms with E-state index in [0.717, 1.165) is 62.8 Å². The number of carbonyl (C=O) groups excluding carboxylic acids is 1. The van der Waals surface area contributed by atoms with Gasteiger partial charge in [0.2, 0.25) is 11.7 Å². The normalized spacial score (nSPS) is 18.3. The van der Waals surface area contributed by atoms with Crippen molar-refractivity contribution in [3.8, 4) is 17.2 Å². The number of methoxy groups -OCH3 is 3. The molecule has 2 fully saturated rings. The molecule has 0 unspecified atom stereocenters. The number of hydrogen-bond acceptors (Lipinski definition) is 4. The summed E-state index contributed by atoms with van der Waals surface area (Å²) in [5.74, 6) is 3.19. The number of quaternary nitrogens is 1. The SMILES string of the molecule is COc1ccc(C[NH+]2CCN(C(=O)CCC3CCCC3)CC2)c(OC)c1OC. The summed E-state index contributed by atoms with van der Waals surface area (Å²) in [4.78, 5) is 16.1. The molecule has 1 aliphatic carbocycles. The average molecular weight is 392 g/mol. The van der Waals surface area contributed by atoms with Crippen molar-refractivity contribution in [3.63, 3.8) is 0 Å². The van der Waals surface area contributed by atoms with Gasteiger partial charge >= 0.3 is 0 Å². The van der Waals surface area contributed by atoms with Crippen LogP contribution in [0.4, 0.5) is 0 Å². The summed E-state index contributed by atoms with van der Waals surface area (Å²) in [5.41, 5.74) is 1.11. The third kappa shape index (κ3) is 4.90. The number of rotatable bonds is 8. The minimum atomic E-state index is 0.342. The van der Waals surface area contributed by atoms with Crippen molar-refractivity contribution in [2.24, 2.45) is 5.92 Å². The lowest BCUT2D eigenvalue weighted by molar-refractivity contribution is -0.917. The molecule has 1 amide bonds. The standard InChI is InChI=1S/C22H34N2O4/c1-26-19-10-9-18(21(27-2)22(19)28-3)16-23-12-14-24(15-13-23)20(25)11-8-17-6-4-5-7-17/h9-10,17H,4-8,11-16H2,1-3H3/p+1. The molecule has 1 saturated carbocycles. The summed E-state index contributed by atoms with van der Waals surface area (Å²) in [6.45, 7) is 4.47. The number of carbonyl (C=O) groups is 1. The van der Waals surface area contributed by atoms with Crippen molar-refractivity contribution in [3.05, 3.63) is 17.7 Å². The molecular formula is C22H35N2O4+. The number of benzene rings is 1. The minimum absolute atomic E-state index is 0.342. The van der Waals surface area contributed by atoms with Gasteiger partial charge in [-0.05, 0) is 24.5 Å². The summed E-state index contributed by atoms with van der Waals surface area (Å²) >= 11 is 0. The largest absolute Gasteiger partial charge is 0.493 e. The summed E-state index contributed by atoms with van der Waals surface area (Å²) in [7, 11) is 4.93. The maximum absolute atomic E-state index is 12.5. The molecule has 0 aromatic heterocycles. The Morgan fingerprint density at radius 3 is 2.32 bits per heavy atom. The van der Waals surface area contributed by atoms with Crippen LogP contribution in [0.5, 0.6) is 17.2 Å². The fourth-order valence-electron chi connectivity index (χ4n) is 4.61. The number of hydrogen-bond donors (Lipinski definition) is 1. The molecule has 0 atom stereocenters. The van der Waals surface area contributed by atoms with Gasteiger partial charge in [0.15, 0.2) is 11.5 Å². The van der Waals surface area contributed by atoms with Crippen LogP contribution in [0.3, 0.4) is 0 Å². The van der Waals surface area contributed by atoms with Crippen LogP contribution < -0.4 is 19.1 Å². The molecule has 1 aromatic rings. The fourth-order valence-corrected chi connectivity index (χ4v) is 4.61. The maximum Gasteiger partial charge on any atom is 0.222 e. The Hall–Kier alpha value is -1.95. The van der Waals surface area contributed by atoms with E-state index in [1.54, 1.807) is 21.3 Å². The van der Waals surface area contributed by atoms with Gasteiger partial charge in [-0.2, -0.15) is 0 Å². The van der Waals surface area contributed by atoms with Crippen LogP contribution in [-0.4, -0.2) is 58.3 Å². The summed E-state index contributed by atoms with van der Waals surface area (Å²) in [5, 5.41) is 0. The number of piperazine rings is 1. The molecule has 1 saturated heterocycles. The molecule has 1 aromatic carbocycles. The topological polar surface area (TPSA) is 52.4 Å². The van der Waals surface area contributed by atoms with Gasteiger partial charge in [0, 0.05) is 6.42 Å². The van der Waals surface area contributed by atoms with E-state index in [2.05, 4.69) is 4.90 Å². The van der Waals surface area contributed by atoms with E-state index in [0.29, 0.717) is 17.4 Å². The summed E-state index contributed by atoms with van der Waals surface area (Å²) in [6, 6.07) is 3.98. The van der Waals surface area contributed by atoms with E-state index in [9.17, 15) is 4.79 Å². The van der Waals surface area contributed by atoms with Crippen molar-refractivity contribution in [1.29, 1.82) is 0 Å². The first-order valence-corrected chi connectivity index (χ1v) is 10.6. The van der Waals surface area contributed by atoms with Gasteiger partial charge < -0.3 is 24.0 Å².